The van der Waals surface area contributed by atoms with Gasteiger partial charge in [-0.05, 0) is 24.6 Å². The maximum absolute atomic E-state index is 10.3. The summed E-state index contributed by atoms with van der Waals surface area (Å²) in [6, 6.07) is 3.32. The van der Waals surface area contributed by atoms with Crippen LogP contribution in [0.25, 0.3) is 0 Å². The molecule has 0 aliphatic carbocycles. The molecule has 6 nitrogen and oxygen atoms in total. The summed E-state index contributed by atoms with van der Waals surface area (Å²) >= 11 is 0. The van der Waals surface area contributed by atoms with Crippen LogP contribution in [-0.4, -0.2) is 51.3 Å². The largest absolute Gasteiger partial charge is 0.508 e. The summed E-state index contributed by atoms with van der Waals surface area (Å²) in [7, 11) is 2.11. The van der Waals surface area contributed by atoms with Gasteiger partial charge in [-0.15, -0.1) is 0 Å². The first-order valence-electron chi connectivity index (χ1n) is 7.82. The number of hydrogen-bond donors (Lipinski definition) is 3. The average Bonchev–Trinajstić information content (AvgIpc) is 2.92. The van der Waals surface area contributed by atoms with Gasteiger partial charge in [-0.25, -0.2) is 4.79 Å². The highest BCUT2D eigenvalue weighted by Crippen LogP contribution is 2.21. The lowest BCUT2D eigenvalue weighted by Gasteiger charge is -2.17. The molecule has 1 aromatic rings. The summed E-state index contributed by atoms with van der Waals surface area (Å²) < 4.78 is 0. The molecule has 1 aliphatic rings. The van der Waals surface area contributed by atoms with Gasteiger partial charge in [0, 0.05) is 26.0 Å². The number of nitrogens with zero attached hydrogens (tertiary/aromatic N) is 2. The molecular formula is C17H26N2O4. The number of rotatable bonds is 6. The van der Waals surface area contributed by atoms with Crippen LogP contribution in [0.3, 0.4) is 0 Å². The van der Waals surface area contributed by atoms with Crippen LogP contribution < -0.4 is 0 Å². The maximum Gasteiger partial charge on any atom is 0.339 e. The Hall–Kier alpha value is -2.37. The van der Waals surface area contributed by atoms with E-state index in [1.54, 1.807) is 0 Å². The van der Waals surface area contributed by atoms with Gasteiger partial charge >= 0.3 is 5.97 Å². The van der Waals surface area contributed by atoms with Gasteiger partial charge in [0.2, 0.25) is 0 Å². The van der Waals surface area contributed by atoms with E-state index in [9.17, 15) is 4.79 Å². The van der Waals surface area contributed by atoms with Gasteiger partial charge in [-0.3, -0.25) is 0 Å². The van der Waals surface area contributed by atoms with Gasteiger partial charge in [-0.1, -0.05) is 26.2 Å². The molecule has 2 rings (SSSR count). The molecule has 0 aromatic heterocycles. The van der Waals surface area contributed by atoms with Crippen molar-refractivity contribution >= 4 is 5.97 Å². The number of carboxylic acids is 1. The molecule has 3 N–H and O–H groups in total. The zero-order valence-corrected chi connectivity index (χ0v) is 13.8. The molecule has 0 fully saturated rings. The van der Waals surface area contributed by atoms with Gasteiger partial charge in [0.25, 0.3) is 0 Å². The van der Waals surface area contributed by atoms with E-state index in [1.807, 2.05) is 0 Å². The van der Waals surface area contributed by atoms with Crippen LogP contribution in [0.4, 0.5) is 0 Å². The van der Waals surface area contributed by atoms with Crippen LogP contribution in [0.1, 0.15) is 43.0 Å². The highest BCUT2D eigenvalue weighted by atomic mass is 16.4. The van der Waals surface area contributed by atoms with Crippen molar-refractivity contribution in [2.45, 2.75) is 32.6 Å². The third-order valence-electron chi connectivity index (χ3n) is 3.45. The summed E-state index contributed by atoms with van der Waals surface area (Å²) in [5.41, 5.74) is -0.301. The van der Waals surface area contributed by atoms with Crippen LogP contribution in [-0.2, 0) is 0 Å². The van der Waals surface area contributed by atoms with Crippen LogP contribution in [0, 0.1) is 0 Å². The fraction of sp³-hybridized carbons (Fsp3) is 0.471. The zero-order chi connectivity index (χ0) is 17.2. The number of hydrogen-bond acceptors (Lipinski definition) is 5. The fourth-order valence-corrected chi connectivity index (χ4v) is 2.17. The van der Waals surface area contributed by atoms with Gasteiger partial charge in [0.1, 0.15) is 17.1 Å². The van der Waals surface area contributed by atoms with E-state index in [0.29, 0.717) is 0 Å². The Kier molecular flexibility index (Phi) is 7.80. The number of carbonyl (C=O) groups is 1. The zero-order valence-electron chi connectivity index (χ0n) is 13.8. The molecule has 23 heavy (non-hydrogen) atoms. The summed E-state index contributed by atoms with van der Waals surface area (Å²) in [5.74, 6) is -1.80. The Morgan fingerprint density at radius 3 is 2.43 bits per heavy atom. The summed E-state index contributed by atoms with van der Waals surface area (Å²) in [5, 5.41) is 26.1. The molecule has 1 heterocycles. The Balaban J connectivity index is 0.000000231. The molecule has 0 spiro atoms. The third-order valence-corrected chi connectivity index (χ3v) is 3.45. The number of aromatic carboxylic acids is 1. The third kappa shape index (κ3) is 6.95. The van der Waals surface area contributed by atoms with Crippen molar-refractivity contribution in [3.63, 3.8) is 0 Å². The lowest BCUT2D eigenvalue weighted by molar-refractivity contribution is 0.0693. The number of aromatic hydroxyl groups is 2. The van der Waals surface area contributed by atoms with E-state index in [0.717, 1.165) is 18.8 Å². The molecule has 1 aromatic carbocycles. The normalized spacial score (nSPS) is 13.0. The number of unbranched alkanes of at least 4 members (excludes halogenated alkanes) is 3. The Labute approximate surface area is 137 Å². The highest BCUT2D eigenvalue weighted by molar-refractivity contribution is 5.91. The molecule has 0 saturated carbocycles. The minimum Gasteiger partial charge on any atom is -0.508 e. The van der Waals surface area contributed by atoms with Crippen molar-refractivity contribution in [2.24, 2.45) is 0 Å². The maximum atomic E-state index is 10.3. The topological polar surface area (TPSA) is 84.2 Å². The van der Waals surface area contributed by atoms with E-state index in [-0.39, 0.29) is 17.1 Å². The quantitative estimate of drug-likeness (QED) is 0.551. The predicted octanol–water partition coefficient (Wildman–Crippen LogP) is 3.04. The number of carboxylic acid groups (broad SMARTS) is 1. The van der Waals surface area contributed by atoms with Crippen molar-refractivity contribution < 1.29 is 20.1 Å². The van der Waals surface area contributed by atoms with Crippen LogP contribution in [0.15, 0.2) is 30.6 Å². The molecule has 128 valence electrons. The van der Waals surface area contributed by atoms with E-state index in [1.165, 1.54) is 38.3 Å². The van der Waals surface area contributed by atoms with Crippen LogP contribution >= 0.6 is 0 Å². The van der Waals surface area contributed by atoms with Crippen molar-refractivity contribution in [1.29, 1.82) is 0 Å². The summed E-state index contributed by atoms with van der Waals surface area (Å²) in [4.78, 5) is 14.9. The molecule has 0 saturated heterocycles. The Morgan fingerprint density at radius 1 is 1.17 bits per heavy atom. The van der Waals surface area contributed by atoms with E-state index in [4.69, 9.17) is 15.3 Å². The van der Waals surface area contributed by atoms with Crippen LogP contribution in [0.2, 0.25) is 0 Å². The molecule has 0 atom stereocenters. The molecule has 6 heteroatoms. The molecule has 0 bridgehead atoms. The highest BCUT2D eigenvalue weighted by Gasteiger charge is 2.09. The fourth-order valence-electron chi connectivity index (χ4n) is 2.17. The van der Waals surface area contributed by atoms with Gasteiger partial charge in [0.15, 0.2) is 0 Å². The summed E-state index contributed by atoms with van der Waals surface area (Å²) in [6.07, 6.45) is 9.76. The number of benzene rings is 1. The standard InChI is InChI=1S/C10H20N2.C7H6O4/c1-3-4-5-6-7-12-9-8-11(2)10-12;8-4-1-2-6(9)5(3-4)7(10)11/h8-9H,3-7,10H2,1-2H3;1-3,8-9H,(H,10,11). The minimum atomic E-state index is -1.27. The van der Waals surface area contributed by atoms with Gasteiger partial charge in [0.05, 0.1) is 6.67 Å². The SMILES string of the molecule is CCCCCCN1C=CN(C)C1.O=C(O)c1cc(O)ccc1O. The lowest BCUT2D eigenvalue weighted by Crippen LogP contribution is -2.23. The van der Waals surface area contributed by atoms with Gasteiger partial charge < -0.3 is 25.1 Å². The van der Waals surface area contributed by atoms with E-state index >= 15 is 0 Å². The Morgan fingerprint density at radius 2 is 1.91 bits per heavy atom. The first kappa shape index (κ1) is 18.7. The molecule has 0 radical (unpaired) electrons. The predicted molar refractivity (Wildman–Crippen MR) is 89.3 cm³/mol. The van der Waals surface area contributed by atoms with Crippen LogP contribution in [0.5, 0.6) is 11.5 Å². The van der Waals surface area contributed by atoms with Crippen molar-refractivity contribution in [3.8, 4) is 11.5 Å². The van der Waals surface area contributed by atoms with E-state index < -0.39 is 5.97 Å². The minimum absolute atomic E-state index is 0.180. The van der Waals surface area contributed by atoms with Gasteiger partial charge in [-0.2, -0.15) is 0 Å². The molecule has 0 amide bonds. The molecular weight excluding hydrogens is 296 g/mol. The second-order valence-electron chi connectivity index (χ2n) is 5.58. The second kappa shape index (κ2) is 9.61. The lowest BCUT2D eigenvalue weighted by atomic mass is 10.2. The van der Waals surface area contributed by atoms with Crippen molar-refractivity contribution in [2.75, 3.05) is 20.3 Å². The molecule has 0 unspecified atom stereocenters. The Bertz CT molecular complexity index is 531. The van der Waals surface area contributed by atoms with E-state index in [2.05, 4.69) is 36.2 Å². The summed E-state index contributed by atoms with van der Waals surface area (Å²) in [6.45, 7) is 4.55. The first-order chi connectivity index (χ1) is 10.9. The number of phenolic OH excluding ortho intramolecular Hbond substituents is 1. The van der Waals surface area contributed by atoms with Crippen molar-refractivity contribution in [3.05, 3.63) is 36.2 Å². The second-order valence-corrected chi connectivity index (χ2v) is 5.58. The first-order valence-corrected chi connectivity index (χ1v) is 7.82. The average molecular weight is 322 g/mol. The number of phenols is 2. The smallest absolute Gasteiger partial charge is 0.339 e. The molecule has 1 aliphatic heterocycles. The van der Waals surface area contributed by atoms with Crippen molar-refractivity contribution in [1.82, 2.24) is 9.80 Å². The monoisotopic (exact) mass is 322 g/mol.